The van der Waals surface area contributed by atoms with Crippen molar-refractivity contribution in [2.75, 3.05) is 26.2 Å². The van der Waals surface area contributed by atoms with E-state index in [9.17, 15) is 9.18 Å². The first-order valence-corrected chi connectivity index (χ1v) is 8.94. The highest BCUT2D eigenvalue weighted by molar-refractivity contribution is 5.85. The van der Waals surface area contributed by atoms with Gasteiger partial charge in [0.05, 0.1) is 0 Å². The summed E-state index contributed by atoms with van der Waals surface area (Å²) in [4.78, 5) is 17.4. The zero-order valence-electron chi connectivity index (χ0n) is 14.6. The number of piperidine rings is 1. The molecule has 24 heavy (non-hydrogen) atoms. The largest absolute Gasteiger partial charge is 0.478 e. The molecule has 2 aliphatic heterocycles. The summed E-state index contributed by atoms with van der Waals surface area (Å²) >= 11 is 0. The maximum Gasteiger partial charge on any atom is 0.266 e. The predicted molar refractivity (Wildman–Crippen MR) is 91.5 cm³/mol. The zero-order valence-corrected chi connectivity index (χ0v) is 14.6. The number of hydrogen-bond donors (Lipinski definition) is 0. The Labute approximate surface area is 143 Å². The Morgan fingerprint density at radius 2 is 1.79 bits per heavy atom. The first-order valence-electron chi connectivity index (χ1n) is 8.94. The molecule has 3 rings (SSSR count). The Bertz CT molecular complexity index is 567. The molecule has 2 aliphatic rings. The summed E-state index contributed by atoms with van der Waals surface area (Å²) in [6.45, 7) is 7.47. The van der Waals surface area contributed by atoms with E-state index < -0.39 is 5.60 Å². The molecule has 2 fully saturated rings. The summed E-state index contributed by atoms with van der Waals surface area (Å²) in [7, 11) is 0. The first-order chi connectivity index (χ1) is 11.5. The minimum Gasteiger partial charge on any atom is -0.478 e. The van der Waals surface area contributed by atoms with Gasteiger partial charge in [0.1, 0.15) is 11.6 Å². The molecule has 5 heteroatoms. The quantitative estimate of drug-likeness (QED) is 0.848. The van der Waals surface area contributed by atoms with E-state index in [2.05, 4.69) is 4.90 Å². The molecule has 0 N–H and O–H groups in total. The van der Waals surface area contributed by atoms with Crippen molar-refractivity contribution < 1.29 is 13.9 Å². The summed E-state index contributed by atoms with van der Waals surface area (Å²) in [6.07, 6.45) is 4.75. The summed E-state index contributed by atoms with van der Waals surface area (Å²) in [5.74, 6) is 0.217. The number of rotatable bonds is 4. The molecule has 132 valence electrons. The average Bonchev–Trinajstić information content (AvgIpc) is 3.11. The van der Waals surface area contributed by atoms with Gasteiger partial charge >= 0.3 is 0 Å². The van der Waals surface area contributed by atoms with Gasteiger partial charge in [-0.25, -0.2) is 4.39 Å². The molecule has 0 spiro atoms. The van der Waals surface area contributed by atoms with E-state index in [1.54, 1.807) is 26.0 Å². The van der Waals surface area contributed by atoms with Gasteiger partial charge in [-0.05, 0) is 76.9 Å². The van der Waals surface area contributed by atoms with Crippen molar-refractivity contribution in [3.05, 3.63) is 30.1 Å². The van der Waals surface area contributed by atoms with Crippen molar-refractivity contribution in [2.24, 2.45) is 0 Å². The maximum atomic E-state index is 13.0. The van der Waals surface area contributed by atoms with Crippen LogP contribution in [0, 0.1) is 5.82 Å². The Hall–Kier alpha value is -1.62. The van der Waals surface area contributed by atoms with Crippen molar-refractivity contribution in [1.29, 1.82) is 0 Å². The van der Waals surface area contributed by atoms with Crippen LogP contribution in [-0.2, 0) is 4.79 Å². The maximum absolute atomic E-state index is 13.0. The van der Waals surface area contributed by atoms with Crippen LogP contribution in [0.1, 0.15) is 39.5 Å². The van der Waals surface area contributed by atoms with Gasteiger partial charge in [-0.1, -0.05) is 0 Å². The fourth-order valence-electron chi connectivity index (χ4n) is 3.77. The molecule has 0 saturated carbocycles. The average molecular weight is 334 g/mol. The van der Waals surface area contributed by atoms with Crippen LogP contribution in [0.2, 0.25) is 0 Å². The number of ether oxygens (including phenoxy) is 1. The van der Waals surface area contributed by atoms with Gasteiger partial charge in [-0.3, -0.25) is 9.69 Å². The second kappa shape index (κ2) is 7.09. The summed E-state index contributed by atoms with van der Waals surface area (Å²) in [5.41, 5.74) is -0.954. The predicted octanol–water partition coefficient (Wildman–Crippen LogP) is 3.07. The van der Waals surface area contributed by atoms with E-state index in [1.165, 1.54) is 31.4 Å². The molecule has 2 heterocycles. The van der Waals surface area contributed by atoms with Gasteiger partial charge in [0, 0.05) is 19.1 Å². The number of amides is 1. The van der Waals surface area contributed by atoms with Gasteiger partial charge in [-0.15, -0.1) is 0 Å². The van der Waals surface area contributed by atoms with E-state index in [0.717, 1.165) is 32.6 Å². The SMILES string of the molecule is CC(C)(Oc1ccc(F)cc1)C(=O)N1CCCC(N2CCCC2)C1. The highest BCUT2D eigenvalue weighted by Crippen LogP contribution is 2.25. The normalized spacial score (nSPS) is 22.6. The molecule has 1 unspecified atom stereocenters. The number of likely N-dealkylation sites (tertiary alicyclic amines) is 2. The molecule has 2 saturated heterocycles. The molecule has 1 aromatic rings. The van der Waals surface area contributed by atoms with E-state index in [4.69, 9.17) is 4.74 Å². The van der Waals surface area contributed by atoms with Crippen LogP contribution < -0.4 is 4.74 Å². The van der Waals surface area contributed by atoms with Crippen LogP contribution in [0.4, 0.5) is 4.39 Å². The number of halogens is 1. The molecular formula is C19H27FN2O2. The Morgan fingerprint density at radius 1 is 1.12 bits per heavy atom. The van der Waals surface area contributed by atoms with Crippen molar-refractivity contribution in [1.82, 2.24) is 9.80 Å². The highest BCUT2D eigenvalue weighted by atomic mass is 19.1. The summed E-state index contributed by atoms with van der Waals surface area (Å²) in [6, 6.07) is 6.30. The number of carbonyl (C=O) groups excluding carboxylic acids is 1. The highest BCUT2D eigenvalue weighted by Gasteiger charge is 2.37. The van der Waals surface area contributed by atoms with Crippen molar-refractivity contribution in [3.8, 4) is 5.75 Å². The van der Waals surface area contributed by atoms with E-state index in [0.29, 0.717) is 11.8 Å². The van der Waals surface area contributed by atoms with Crippen LogP contribution >= 0.6 is 0 Å². The van der Waals surface area contributed by atoms with Crippen LogP contribution in [0.3, 0.4) is 0 Å². The van der Waals surface area contributed by atoms with E-state index >= 15 is 0 Å². The lowest BCUT2D eigenvalue weighted by Crippen LogP contribution is -2.55. The minimum atomic E-state index is -0.954. The monoisotopic (exact) mass is 334 g/mol. The smallest absolute Gasteiger partial charge is 0.266 e. The van der Waals surface area contributed by atoms with Crippen molar-refractivity contribution in [2.45, 2.75) is 51.2 Å². The van der Waals surface area contributed by atoms with Crippen LogP contribution in [0.5, 0.6) is 5.75 Å². The fourth-order valence-corrected chi connectivity index (χ4v) is 3.77. The Kier molecular flexibility index (Phi) is 5.09. The van der Waals surface area contributed by atoms with Crippen LogP contribution in [-0.4, -0.2) is 53.5 Å². The lowest BCUT2D eigenvalue weighted by molar-refractivity contribution is -0.147. The molecule has 0 bridgehead atoms. The van der Waals surface area contributed by atoms with E-state index in [-0.39, 0.29) is 11.7 Å². The van der Waals surface area contributed by atoms with Crippen molar-refractivity contribution in [3.63, 3.8) is 0 Å². The van der Waals surface area contributed by atoms with Gasteiger partial charge < -0.3 is 9.64 Å². The zero-order chi connectivity index (χ0) is 17.2. The molecule has 4 nitrogen and oxygen atoms in total. The van der Waals surface area contributed by atoms with Gasteiger partial charge in [-0.2, -0.15) is 0 Å². The van der Waals surface area contributed by atoms with E-state index in [1.807, 2.05) is 4.90 Å². The third-order valence-electron chi connectivity index (χ3n) is 5.04. The third kappa shape index (κ3) is 3.89. The standard InChI is InChI=1S/C19H27FN2O2/c1-19(2,24-17-9-7-15(20)8-10-17)18(23)22-13-5-6-16(14-22)21-11-3-4-12-21/h7-10,16H,3-6,11-14H2,1-2H3. The van der Waals surface area contributed by atoms with Crippen LogP contribution in [0.15, 0.2) is 24.3 Å². The molecule has 1 amide bonds. The first kappa shape index (κ1) is 17.2. The fraction of sp³-hybridized carbons (Fsp3) is 0.632. The lowest BCUT2D eigenvalue weighted by Gasteiger charge is -2.40. The van der Waals surface area contributed by atoms with Gasteiger partial charge in [0.25, 0.3) is 5.91 Å². The number of benzene rings is 1. The molecule has 0 aromatic heterocycles. The molecule has 0 aliphatic carbocycles. The molecular weight excluding hydrogens is 307 g/mol. The topological polar surface area (TPSA) is 32.8 Å². The molecule has 1 aromatic carbocycles. The summed E-state index contributed by atoms with van der Waals surface area (Å²) in [5, 5.41) is 0. The second-order valence-electron chi connectivity index (χ2n) is 7.36. The van der Waals surface area contributed by atoms with Gasteiger partial charge in [0.2, 0.25) is 0 Å². The lowest BCUT2D eigenvalue weighted by atomic mass is 10.0. The number of carbonyl (C=O) groups is 1. The van der Waals surface area contributed by atoms with Crippen molar-refractivity contribution >= 4 is 5.91 Å². The van der Waals surface area contributed by atoms with Crippen LogP contribution in [0.25, 0.3) is 0 Å². The molecule has 0 radical (unpaired) electrons. The van der Waals surface area contributed by atoms with Gasteiger partial charge in [0.15, 0.2) is 5.60 Å². The third-order valence-corrected chi connectivity index (χ3v) is 5.04. The Balaban J connectivity index is 1.63. The number of nitrogens with zero attached hydrogens (tertiary/aromatic N) is 2. The second-order valence-corrected chi connectivity index (χ2v) is 7.36. The molecule has 1 atom stereocenters. The summed E-state index contributed by atoms with van der Waals surface area (Å²) < 4.78 is 18.9. The number of hydrogen-bond acceptors (Lipinski definition) is 3. The Morgan fingerprint density at radius 3 is 2.46 bits per heavy atom. The minimum absolute atomic E-state index is 0.00993.